The van der Waals surface area contributed by atoms with Gasteiger partial charge >= 0.3 is 12.1 Å². The molecule has 2 aromatic carbocycles. The molecule has 1 aliphatic heterocycles. The molecule has 2 aromatic rings. The number of carboxylic acid groups (broad SMARTS) is 1. The van der Waals surface area contributed by atoms with E-state index in [1.807, 2.05) is 36.4 Å². The monoisotopic (exact) mass is 480 g/mol. The first-order valence-electron chi connectivity index (χ1n) is 12.0. The molecule has 2 unspecified atom stereocenters. The Labute approximate surface area is 205 Å². The van der Waals surface area contributed by atoms with Gasteiger partial charge in [-0.05, 0) is 48.4 Å². The van der Waals surface area contributed by atoms with E-state index in [2.05, 4.69) is 17.4 Å². The van der Waals surface area contributed by atoms with Gasteiger partial charge in [-0.3, -0.25) is 4.79 Å². The molecule has 1 fully saturated rings. The second kappa shape index (κ2) is 9.70. The van der Waals surface area contributed by atoms with Crippen molar-refractivity contribution in [2.24, 2.45) is 0 Å². The number of aliphatic carboxylic acids is 1. The SMILES string of the molecule is CCC(C)(NC(=O)OCC1c2ccccc2-c2ccccc21)C(=O)N1CCCC(OC)(C(=O)O)C1. The smallest absolute Gasteiger partial charge is 0.408 e. The lowest BCUT2D eigenvalue weighted by atomic mass is 9.89. The first-order chi connectivity index (χ1) is 16.7. The number of likely N-dealkylation sites (tertiary alicyclic amines) is 1. The topological polar surface area (TPSA) is 105 Å². The third-order valence-electron chi connectivity index (χ3n) is 7.42. The average molecular weight is 481 g/mol. The molecule has 8 heteroatoms. The lowest BCUT2D eigenvalue weighted by molar-refractivity contribution is -0.172. The molecular weight excluding hydrogens is 448 g/mol. The number of benzene rings is 2. The number of carboxylic acids is 1. The van der Waals surface area contributed by atoms with E-state index in [1.54, 1.807) is 13.8 Å². The fraction of sp³-hybridized carbons (Fsp3) is 0.444. The summed E-state index contributed by atoms with van der Waals surface area (Å²) in [5.41, 5.74) is 1.80. The van der Waals surface area contributed by atoms with Crippen LogP contribution in [0.1, 0.15) is 50.2 Å². The maximum atomic E-state index is 13.4. The number of alkyl carbamates (subject to hydrolysis) is 1. The van der Waals surface area contributed by atoms with E-state index in [-0.39, 0.29) is 25.0 Å². The molecule has 4 rings (SSSR count). The van der Waals surface area contributed by atoms with Crippen LogP contribution in [0.15, 0.2) is 48.5 Å². The molecule has 1 aliphatic carbocycles. The third-order valence-corrected chi connectivity index (χ3v) is 7.42. The first-order valence-corrected chi connectivity index (χ1v) is 12.0. The van der Waals surface area contributed by atoms with Crippen molar-refractivity contribution < 1.29 is 29.0 Å². The summed E-state index contributed by atoms with van der Waals surface area (Å²) in [6, 6.07) is 16.2. The number of piperidine rings is 1. The van der Waals surface area contributed by atoms with Gasteiger partial charge in [-0.1, -0.05) is 55.5 Å². The lowest BCUT2D eigenvalue weighted by Crippen LogP contribution is -2.63. The second-order valence-corrected chi connectivity index (χ2v) is 9.47. The molecule has 2 atom stereocenters. The van der Waals surface area contributed by atoms with Crippen molar-refractivity contribution in [3.63, 3.8) is 0 Å². The van der Waals surface area contributed by atoms with Gasteiger partial charge in [0, 0.05) is 19.6 Å². The van der Waals surface area contributed by atoms with E-state index in [0.717, 1.165) is 22.3 Å². The molecule has 0 radical (unpaired) electrons. The summed E-state index contributed by atoms with van der Waals surface area (Å²) in [7, 11) is 1.34. The van der Waals surface area contributed by atoms with Gasteiger partial charge < -0.3 is 24.8 Å². The Balaban J connectivity index is 1.44. The van der Waals surface area contributed by atoms with Crippen molar-refractivity contribution in [3.05, 3.63) is 59.7 Å². The zero-order chi connectivity index (χ0) is 25.2. The van der Waals surface area contributed by atoms with Gasteiger partial charge in [0.2, 0.25) is 5.91 Å². The molecule has 0 spiro atoms. The van der Waals surface area contributed by atoms with Crippen LogP contribution in [0.3, 0.4) is 0 Å². The van der Waals surface area contributed by atoms with Crippen LogP contribution in [0.2, 0.25) is 0 Å². The van der Waals surface area contributed by atoms with Crippen LogP contribution in [-0.2, 0) is 19.1 Å². The number of carbonyl (C=O) groups excluding carboxylic acids is 2. The standard InChI is InChI=1S/C27H32N2O6/c1-4-26(2,23(30)29-15-9-14-27(17-29,34-3)24(31)32)28-25(33)35-16-22-20-12-7-5-10-18(20)19-11-6-8-13-21(19)22/h5-8,10-13,22H,4,9,14-17H2,1-3H3,(H,28,33)(H,31,32). The van der Waals surface area contributed by atoms with Gasteiger partial charge in [0.15, 0.2) is 5.60 Å². The van der Waals surface area contributed by atoms with Gasteiger partial charge in [-0.2, -0.15) is 0 Å². The zero-order valence-electron chi connectivity index (χ0n) is 20.4. The largest absolute Gasteiger partial charge is 0.479 e. The fourth-order valence-corrected chi connectivity index (χ4v) is 5.13. The number of fused-ring (bicyclic) bond motifs is 3. The van der Waals surface area contributed by atoms with Gasteiger partial charge in [-0.15, -0.1) is 0 Å². The van der Waals surface area contributed by atoms with Crippen molar-refractivity contribution in [2.75, 3.05) is 26.8 Å². The Morgan fingerprint density at radius 1 is 1.11 bits per heavy atom. The molecule has 2 N–H and O–H groups in total. The number of rotatable bonds is 7. The first kappa shape index (κ1) is 24.7. The van der Waals surface area contributed by atoms with E-state index in [1.165, 1.54) is 12.0 Å². The molecule has 8 nitrogen and oxygen atoms in total. The van der Waals surface area contributed by atoms with Crippen molar-refractivity contribution in [2.45, 2.75) is 50.2 Å². The van der Waals surface area contributed by atoms with E-state index in [4.69, 9.17) is 9.47 Å². The predicted octanol–water partition coefficient (Wildman–Crippen LogP) is 3.79. The minimum absolute atomic E-state index is 0.0698. The van der Waals surface area contributed by atoms with E-state index in [9.17, 15) is 19.5 Å². The molecule has 1 heterocycles. The fourth-order valence-electron chi connectivity index (χ4n) is 5.13. The number of carbonyl (C=O) groups is 3. The highest BCUT2D eigenvalue weighted by molar-refractivity contribution is 5.90. The Morgan fingerprint density at radius 3 is 2.26 bits per heavy atom. The molecular formula is C27H32N2O6. The lowest BCUT2D eigenvalue weighted by Gasteiger charge is -2.42. The quantitative estimate of drug-likeness (QED) is 0.625. The Bertz CT molecular complexity index is 1090. The average Bonchev–Trinajstić information content (AvgIpc) is 3.20. The number of hydrogen-bond donors (Lipinski definition) is 2. The van der Waals surface area contributed by atoms with Gasteiger partial charge in [-0.25, -0.2) is 9.59 Å². The maximum absolute atomic E-state index is 13.4. The molecule has 0 aromatic heterocycles. The van der Waals surface area contributed by atoms with Crippen molar-refractivity contribution in [1.82, 2.24) is 10.2 Å². The Hall–Kier alpha value is -3.39. The Morgan fingerprint density at radius 2 is 1.71 bits per heavy atom. The normalized spacial score (nSPS) is 20.9. The minimum Gasteiger partial charge on any atom is -0.479 e. The summed E-state index contributed by atoms with van der Waals surface area (Å²) in [5, 5.41) is 12.4. The third kappa shape index (κ3) is 4.50. The van der Waals surface area contributed by atoms with Gasteiger partial charge in [0.25, 0.3) is 0 Å². The number of nitrogens with one attached hydrogen (secondary N) is 1. The highest BCUT2D eigenvalue weighted by Gasteiger charge is 2.47. The van der Waals surface area contributed by atoms with E-state index >= 15 is 0 Å². The molecule has 35 heavy (non-hydrogen) atoms. The van der Waals surface area contributed by atoms with E-state index in [0.29, 0.717) is 25.8 Å². The number of methoxy groups -OCH3 is 1. The number of nitrogens with zero attached hydrogens (tertiary/aromatic N) is 1. The number of hydrogen-bond acceptors (Lipinski definition) is 5. The molecule has 0 saturated carbocycles. The van der Waals surface area contributed by atoms with Crippen molar-refractivity contribution in [3.8, 4) is 11.1 Å². The van der Waals surface area contributed by atoms with Crippen molar-refractivity contribution in [1.29, 1.82) is 0 Å². The summed E-state index contributed by atoms with van der Waals surface area (Å²) in [5.74, 6) is -1.53. The summed E-state index contributed by atoms with van der Waals surface area (Å²) in [6.45, 7) is 3.91. The molecule has 1 saturated heterocycles. The highest BCUT2D eigenvalue weighted by atomic mass is 16.5. The minimum atomic E-state index is -1.44. The highest BCUT2D eigenvalue weighted by Crippen LogP contribution is 2.44. The van der Waals surface area contributed by atoms with Crippen LogP contribution in [0.5, 0.6) is 0 Å². The summed E-state index contributed by atoms with van der Waals surface area (Å²) >= 11 is 0. The van der Waals surface area contributed by atoms with Crippen LogP contribution in [0, 0.1) is 0 Å². The number of ether oxygens (including phenoxy) is 2. The number of amides is 2. The van der Waals surface area contributed by atoms with Crippen LogP contribution in [0.25, 0.3) is 11.1 Å². The van der Waals surface area contributed by atoms with Crippen LogP contribution < -0.4 is 5.32 Å². The Kier molecular flexibility index (Phi) is 6.85. The zero-order valence-corrected chi connectivity index (χ0v) is 20.4. The summed E-state index contributed by atoms with van der Waals surface area (Å²) in [6.07, 6.45) is 0.458. The van der Waals surface area contributed by atoms with Crippen LogP contribution in [0.4, 0.5) is 4.79 Å². The van der Waals surface area contributed by atoms with Gasteiger partial charge in [0.05, 0.1) is 6.54 Å². The molecule has 186 valence electrons. The molecule has 2 aliphatic rings. The summed E-state index contributed by atoms with van der Waals surface area (Å²) in [4.78, 5) is 39.5. The van der Waals surface area contributed by atoms with E-state index < -0.39 is 23.2 Å². The summed E-state index contributed by atoms with van der Waals surface area (Å²) < 4.78 is 10.9. The second-order valence-electron chi connectivity index (χ2n) is 9.47. The van der Waals surface area contributed by atoms with Gasteiger partial charge in [0.1, 0.15) is 12.1 Å². The maximum Gasteiger partial charge on any atom is 0.408 e. The molecule has 2 amide bonds. The predicted molar refractivity (Wildman–Crippen MR) is 130 cm³/mol. The van der Waals surface area contributed by atoms with Crippen LogP contribution in [-0.4, -0.2) is 65.9 Å². The van der Waals surface area contributed by atoms with Crippen molar-refractivity contribution >= 4 is 18.0 Å². The van der Waals surface area contributed by atoms with Crippen LogP contribution >= 0.6 is 0 Å². The molecule has 0 bridgehead atoms.